The van der Waals surface area contributed by atoms with Crippen molar-refractivity contribution < 1.29 is 23.4 Å². The Labute approximate surface area is 167 Å². The van der Waals surface area contributed by atoms with Gasteiger partial charge in [-0.2, -0.15) is 0 Å². The summed E-state index contributed by atoms with van der Waals surface area (Å²) in [5.41, 5.74) is 1.44. The molecule has 1 aliphatic heterocycles. The van der Waals surface area contributed by atoms with Crippen LogP contribution in [0.2, 0.25) is 5.02 Å². The smallest absolute Gasteiger partial charge is 0.232 e. The van der Waals surface area contributed by atoms with Gasteiger partial charge in [0.2, 0.25) is 5.78 Å². The highest BCUT2D eigenvalue weighted by molar-refractivity contribution is 6.32. The third kappa shape index (κ3) is 3.49. The van der Waals surface area contributed by atoms with Crippen molar-refractivity contribution in [1.82, 2.24) is 0 Å². The van der Waals surface area contributed by atoms with Crippen LogP contribution in [0.1, 0.15) is 27.4 Å². The molecule has 4 rings (SSSR count). The van der Waals surface area contributed by atoms with E-state index in [0.29, 0.717) is 39.4 Å². The lowest BCUT2D eigenvalue weighted by atomic mass is 10.1. The molecule has 6 heteroatoms. The van der Waals surface area contributed by atoms with Crippen LogP contribution in [0.25, 0.3) is 6.08 Å². The number of allylic oxidation sites excluding steroid dienone is 1. The molecule has 28 heavy (non-hydrogen) atoms. The fourth-order valence-corrected chi connectivity index (χ4v) is 3.19. The molecule has 0 N–H and O–H groups in total. The van der Waals surface area contributed by atoms with Crippen molar-refractivity contribution in [2.24, 2.45) is 0 Å². The van der Waals surface area contributed by atoms with Crippen molar-refractivity contribution in [3.8, 4) is 17.2 Å². The number of halogens is 1. The maximum Gasteiger partial charge on any atom is 0.232 e. The molecule has 0 saturated heterocycles. The predicted molar refractivity (Wildman–Crippen MR) is 105 cm³/mol. The molecule has 0 atom stereocenters. The number of hydrogen-bond donors (Lipinski definition) is 0. The molecule has 0 spiro atoms. The Morgan fingerprint density at radius 3 is 2.79 bits per heavy atom. The number of carbonyl (C=O) groups is 1. The minimum atomic E-state index is -0.196. The molecule has 0 unspecified atom stereocenters. The molecule has 0 bridgehead atoms. The second kappa shape index (κ2) is 7.44. The zero-order chi connectivity index (χ0) is 19.7. The minimum Gasteiger partial charge on any atom is -0.497 e. The van der Waals surface area contributed by atoms with E-state index in [2.05, 4.69) is 0 Å². The third-order valence-electron chi connectivity index (χ3n) is 4.36. The van der Waals surface area contributed by atoms with Crippen molar-refractivity contribution in [3.05, 3.63) is 82.0 Å². The summed E-state index contributed by atoms with van der Waals surface area (Å²) in [6.07, 6.45) is 1.57. The summed E-state index contributed by atoms with van der Waals surface area (Å²) in [5, 5.41) is 0.548. The van der Waals surface area contributed by atoms with Gasteiger partial charge in [-0.1, -0.05) is 23.7 Å². The number of carbonyl (C=O) groups excluding carboxylic acids is 1. The fourth-order valence-electron chi connectivity index (χ4n) is 2.92. The average Bonchev–Trinajstić information content (AvgIpc) is 3.26. The van der Waals surface area contributed by atoms with Crippen molar-refractivity contribution in [3.63, 3.8) is 0 Å². The number of hydrogen-bond acceptors (Lipinski definition) is 5. The van der Waals surface area contributed by atoms with Crippen LogP contribution in [0.4, 0.5) is 0 Å². The first-order valence-electron chi connectivity index (χ1n) is 8.64. The largest absolute Gasteiger partial charge is 0.497 e. The second-order valence-electron chi connectivity index (χ2n) is 6.28. The summed E-state index contributed by atoms with van der Waals surface area (Å²) in [4.78, 5) is 12.5. The number of benzene rings is 2. The molecule has 1 aliphatic rings. The molecular formula is C22H17ClO5. The highest BCUT2D eigenvalue weighted by Gasteiger charge is 2.28. The van der Waals surface area contributed by atoms with Gasteiger partial charge in [-0.15, -0.1) is 0 Å². The molecule has 0 aliphatic carbocycles. The molecular weight excluding hydrogens is 380 g/mol. The van der Waals surface area contributed by atoms with E-state index < -0.39 is 0 Å². The Morgan fingerprint density at radius 1 is 1.14 bits per heavy atom. The van der Waals surface area contributed by atoms with E-state index in [1.807, 2.05) is 19.1 Å². The Kier molecular flexibility index (Phi) is 4.84. The lowest BCUT2D eigenvalue weighted by molar-refractivity contribution is 0.101. The molecule has 2 heterocycles. The van der Waals surface area contributed by atoms with Crippen molar-refractivity contribution >= 4 is 23.5 Å². The quantitative estimate of drug-likeness (QED) is 0.537. The Bertz CT molecular complexity index is 1060. The van der Waals surface area contributed by atoms with Crippen molar-refractivity contribution in [2.75, 3.05) is 7.11 Å². The van der Waals surface area contributed by atoms with E-state index in [0.717, 1.165) is 5.56 Å². The van der Waals surface area contributed by atoms with E-state index in [1.165, 1.54) is 0 Å². The number of fused-ring (bicyclic) bond motifs is 1. The molecule has 2 aromatic carbocycles. The first-order valence-corrected chi connectivity index (χ1v) is 9.02. The van der Waals surface area contributed by atoms with Gasteiger partial charge >= 0.3 is 0 Å². The van der Waals surface area contributed by atoms with Crippen molar-refractivity contribution in [1.29, 1.82) is 0 Å². The molecule has 0 saturated carbocycles. The normalized spacial score (nSPS) is 14.1. The number of methoxy groups -OCH3 is 1. The Morgan fingerprint density at radius 2 is 2.00 bits per heavy atom. The summed E-state index contributed by atoms with van der Waals surface area (Å²) < 4.78 is 22.3. The number of furan rings is 1. The van der Waals surface area contributed by atoms with Gasteiger partial charge in [-0.25, -0.2) is 0 Å². The topological polar surface area (TPSA) is 57.9 Å². The van der Waals surface area contributed by atoms with Gasteiger partial charge in [0.1, 0.15) is 35.4 Å². The fraction of sp³-hybridized carbons (Fsp3) is 0.136. The van der Waals surface area contributed by atoms with E-state index in [1.54, 1.807) is 49.6 Å². The Hall–Kier alpha value is -3.18. The van der Waals surface area contributed by atoms with E-state index >= 15 is 0 Å². The molecule has 5 nitrogen and oxygen atoms in total. The number of rotatable bonds is 5. The van der Waals surface area contributed by atoms with Crippen LogP contribution >= 0.6 is 11.6 Å². The third-order valence-corrected chi connectivity index (χ3v) is 4.65. The van der Waals surface area contributed by atoms with Crippen LogP contribution in [0.3, 0.4) is 0 Å². The van der Waals surface area contributed by atoms with Crippen molar-refractivity contribution in [2.45, 2.75) is 13.5 Å². The van der Waals surface area contributed by atoms with E-state index in [4.69, 9.17) is 30.2 Å². The molecule has 0 amide bonds. The van der Waals surface area contributed by atoms with E-state index in [-0.39, 0.29) is 18.1 Å². The summed E-state index contributed by atoms with van der Waals surface area (Å²) in [6, 6.07) is 14.2. The molecule has 1 aromatic heterocycles. The average molecular weight is 397 g/mol. The van der Waals surface area contributed by atoms with Gasteiger partial charge in [0, 0.05) is 12.1 Å². The molecule has 0 fully saturated rings. The highest BCUT2D eigenvalue weighted by atomic mass is 35.5. The summed E-state index contributed by atoms with van der Waals surface area (Å²) >= 11 is 6.17. The number of aryl methyl sites for hydroxylation is 1. The number of Topliss-reactive ketones (excluding diaryl/α,β-unsaturated/α-hetero) is 1. The summed E-state index contributed by atoms with van der Waals surface area (Å²) in [5.74, 6) is 2.83. The zero-order valence-corrected chi connectivity index (χ0v) is 16.1. The van der Waals surface area contributed by atoms with Crippen LogP contribution in [0, 0.1) is 6.92 Å². The first kappa shape index (κ1) is 18.2. The van der Waals surface area contributed by atoms with Gasteiger partial charge < -0.3 is 18.6 Å². The Balaban J connectivity index is 1.48. The summed E-state index contributed by atoms with van der Waals surface area (Å²) in [7, 11) is 1.56. The minimum absolute atomic E-state index is 0.196. The second-order valence-corrected chi connectivity index (χ2v) is 6.69. The van der Waals surface area contributed by atoms with Gasteiger partial charge in [0.05, 0.1) is 17.7 Å². The van der Waals surface area contributed by atoms with E-state index in [9.17, 15) is 4.79 Å². The number of ether oxygens (including phenoxy) is 3. The first-order chi connectivity index (χ1) is 13.5. The summed E-state index contributed by atoms with van der Waals surface area (Å²) in [6.45, 7) is 2.15. The van der Waals surface area contributed by atoms with Crippen LogP contribution in [0.5, 0.6) is 17.2 Å². The van der Waals surface area contributed by atoms with Gasteiger partial charge in [-0.05, 0) is 42.8 Å². The monoisotopic (exact) mass is 396 g/mol. The highest BCUT2D eigenvalue weighted by Crippen LogP contribution is 2.35. The van der Waals surface area contributed by atoms with Crippen LogP contribution in [-0.2, 0) is 6.61 Å². The van der Waals surface area contributed by atoms with Gasteiger partial charge in [0.15, 0.2) is 5.76 Å². The number of ketones is 1. The maximum absolute atomic E-state index is 12.5. The molecule has 3 aromatic rings. The lowest BCUT2D eigenvalue weighted by Crippen LogP contribution is -1.98. The molecule has 142 valence electrons. The SMILES string of the molecule is COc1ccc2c(c1)O/C(=C\c1ccc(COc3c(C)cccc3Cl)o1)C2=O. The number of para-hydroxylation sites is 1. The van der Waals surface area contributed by atoms with Crippen LogP contribution < -0.4 is 14.2 Å². The lowest BCUT2D eigenvalue weighted by Gasteiger charge is -2.09. The standard InChI is InChI=1S/C22H17ClO5/c1-13-4-3-5-18(23)22(13)26-12-16-7-6-15(27-16)11-20-21(24)17-9-8-14(25-2)10-19(17)28-20/h3-11H,12H2,1-2H3/b20-11-. The van der Waals surface area contributed by atoms with Crippen LogP contribution in [-0.4, -0.2) is 12.9 Å². The maximum atomic E-state index is 12.5. The zero-order valence-electron chi connectivity index (χ0n) is 15.3. The molecule has 0 radical (unpaired) electrons. The predicted octanol–water partition coefficient (Wildman–Crippen LogP) is 5.45. The van der Waals surface area contributed by atoms with Gasteiger partial charge in [-0.3, -0.25) is 4.79 Å². The van der Waals surface area contributed by atoms with Crippen LogP contribution in [0.15, 0.2) is 58.7 Å². The van der Waals surface area contributed by atoms with Gasteiger partial charge in [0.25, 0.3) is 0 Å².